The van der Waals surface area contributed by atoms with Gasteiger partial charge in [0.25, 0.3) is 0 Å². The Labute approximate surface area is 80.0 Å². The van der Waals surface area contributed by atoms with Gasteiger partial charge in [0.05, 0.1) is 0 Å². The van der Waals surface area contributed by atoms with Crippen LogP contribution < -0.4 is 0 Å². The molecule has 2 fully saturated rings. The van der Waals surface area contributed by atoms with Gasteiger partial charge in [0.2, 0.25) is 0 Å². The van der Waals surface area contributed by atoms with Crippen LogP contribution in [0.2, 0.25) is 0 Å². The third-order valence-corrected chi connectivity index (χ3v) is 4.22. The first-order chi connectivity index (χ1) is 6.33. The molecular weight excluding hydrogens is 156 g/mol. The van der Waals surface area contributed by atoms with Crippen LogP contribution in [0.1, 0.15) is 31.7 Å². The molecule has 13 heavy (non-hydrogen) atoms. The summed E-state index contributed by atoms with van der Waals surface area (Å²) in [6.07, 6.45) is 4.33. The summed E-state index contributed by atoms with van der Waals surface area (Å²) in [7, 11) is 0. The van der Waals surface area contributed by atoms with Gasteiger partial charge in [-0.2, -0.15) is 0 Å². The highest BCUT2D eigenvalue weighted by atomic mass is 14.6. The molecule has 3 atom stereocenters. The second-order valence-corrected chi connectivity index (χ2v) is 4.85. The summed E-state index contributed by atoms with van der Waals surface area (Å²) >= 11 is 0. The van der Waals surface area contributed by atoms with Gasteiger partial charge in [-0.25, -0.2) is 0 Å². The first-order valence-corrected chi connectivity index (χ1v) is 5.38. The van der Waals surface area contributed by atoms with Crippen LogP contribution in [0.4, 0.5) is 0 Å². The molecule has 68 valence electrons. The van der Waals surface area contributed by atoms with Crippen molar-refractivity contribution in [3.63, 3.8) is 0 Å². The van der Waals surface area contributed by atoms with Crippen LogP contribution in [0.25, 0.3) is 0 Å². The fourth-order valence-corrected chi connectivity index (χ4v) is 3.30. The molecule has 2 aliphatic rings. The van der Waals surface area contributed by atoms with Crippen molar-refractivity contribution in [3.8, 4) is 0 Å². The van der Waals surface area contributed by atoms with Crippen molar-refractivity contribution >= 4 is 0 Å². The molecule has 0 radical (unpaired) electrons. The van der Waals surface area contributed by atoms with Crippen LogP contribution in [-0.4, -0.2) is 0 Å². The van der Waals surface area contributed by atoms with Crippen LogP contribution in [0.15, 0.2) is 30.3 Å². The topological polar surface area (TPSA) is 0 Å². The largest absolute Gasteiger partial charge is 0.0622 e. The minimum Gasteiger partial charge on any atom is -0.0622 e. The lowest BCUT2D eigenvalue weighted by molar-refractivity contribution is 0.530. The van der Waals surface area contributed by atoms with E-state index in [1.807, 2.05) is 0 Å². The SMILES string of the molecule is C[C@H]1CCC2(c3ccccc3)CC12. The number of benzene rings is 1. The first-order valence-electron chi connectivity index (χ1n) is 5.38. The minimum absolute atomic E-state index is 0.626. The smallest absolute Gasteiger partial charge is 0.00127 e. The fraction of sp³-hybridized carbons (Fsp3) is 0.538. The van der Waals surface area contributed by atoms with E-state index in [-0.39, 0.29) is 0 Å². The standard InChI is InChI=1S/C13H16/c1-10-7-8-13(9-12(10)13)11-5-3-2-4-6-11/h2-6,10,12H,7-9H2,1H3/t10-,12?,13?/m0/s1. The van der Waals surface area contributed by atoms with E-state index in [2.05, 4.69) is 37.3 Å². The Kier molecular flexibility index (Phi) is 1.39. The molecule has 0 saturated heterocycles. The zero-order valence-corrected chi connectivity index (χ0v) is 8.16. The van der Waals surface area contributed by atoms with Crippen molar-refractivity contribution in [2.45, 2.75) is 31.6 Å². The molecule has 0 bridgehead atoms. The maximum absolute atomic E-state index is 2.42. The Bertz CT molecular complexity index is 314. The van der Waals surface area contributed by atoms with Gasteiger partial charge in [-0.3, -0.25) is 0 Å². The molecular formula is C13H16. The molecule has 0 nitrogen and oxygen atoms in total. The monoisotopic (exact) mass is 172 g/mol. The molecule has 0 amide bonds. The molecule has 2 saturated carbocycles. The summed E-state index contributed by atoms with van der Waals surface area (Å²) in [6, 6.07) is 11.1. The third kappa shape index (κ3) is 0.919. The number of hydrogen-bond donors (Lipinski definition) is 0. The summed E-state index contributed by atoms with van der Waals surface area (Å²) in [6.45, 7) is 2.42. The lowest BCUT2D eigenvalue weighted by Crippen LogP contribution is -2.04. The number of hydrogen-bond acceptors (Lipinski definition) is 0. The summed E-state index contributed by atoms with van der Waals surface area (Å²) in [5, 5.41) is 0. The Morgan fingerprint density at radius 1 is 1.23 bits per heavy atom. The van der Waals surface area contributed by atoms with Crippen molar-refractivity contribution < 1.29 is 0 Å². The van der Waals surface area contributed by atoms with Crippen LogP contribution in [0, 0.1) is 11.8 Å². The van der Waals surface area contributed by atoms with Gasteiger partial charge in [-0.05, 0) is 42.1 Å². The highest BCUT2D eigenvalue weighted by Gasteiger charge is 2.60. The summed E-state index contributed by atoms with van der Waals surface area (Å²) in [5.74, 6) is 1.98. The maximum atomic E-state index is 2.42. The molecule has 1 aromatic rings. The molecule has 0 spiro atoms. The average molecular weight is 172 g/mol. The third-order valence-electron chi connectivity index (χ3n) is 4.22. The van der Waals surface area contributed by atoms with E-state index in [0.717, 1.165) is 11.8 Å². The molecule has 2 aliphatic carbocycles. The van der Waals surface area contributed by atoms with Crippen molar-refractivity contribution in [2.75, 3.05) is 0 Å². The fourth-order valence-electron chi connectivity index (χ4n) is 3.30. The average Bonchev–Trinajstić information content (AvgIpc) is 2.85. The lowest BCUT2D eigenvalue weighted by Gasteiger charge is -2.11. The summed E-state index contributed by atoms with van der Waals surface area (Å²) in [5.41, 5.74) is 2.23. The zero-order chi connectivity index (χ0) is 8.89. The van der Waals surface area contributed by atoms with Crippen LogP contribution in [0.5, 0.6) is 0 Å². The normalized spacial score (nSPS) is 41.6. The van der Waals surface area contributed by atoms with Gasteiger partial charge in [0, 0.05) is 0 Å². The second kappa shape index (κ2) is 2.37. The molecule has 0 aliphatic heterocycles. The Balaban J connectivity index is 1.96. The Hall–Kier alpha value is -0.780. The predicted molar refractivity (Wildman–Crippen MR) is 54.6 cm³/mol. The van der Waals surface area contributed by atoms with E-state index in [1.165, 1.54) is 19.3 Å². The summed E-state index contributed by atoms with van der Waals surface area (Å²) < 4.78 is 0. The van der Waals surface area contributed by atoms with Crippen molar-refractivity contribution in [1.29, 1.82) is 0 Å². The van der Waals surface area contributed by atoms with Crippen molar-refractivity contribution in [2.24, 2.45) is 11.8 Å². The highest BCUT2D eigenvalue weighted by molar-refractivity contribution is 5.35. The van der Waals surface area contributed by atoms with E-state index in [9.17, 15) is 0 Å². The van der Waals surface area contributed by atoms with Crippen molar-refractivity contribution in [1.82, 2.24) is 0 Å². The van der Waals surface area contributed by atoms with Crippen molar-refractivity contribution in [3.05, 3.63) is 35.9 Å². The summed E-state index contributed by atoms with van der Waals surface area (Å²) in [4.78, 5) is 0. The number of fused-ring (bicyclic) bond motifs is 1. The maximum Gasteiger partial charge on any atom is -0.00127 e. The van der Waals surface area contributed by atoms with Gasteiger partial charge in [-0.15, -0.1) is 0 Å². The molecule has 0 heteroatoms. The van der Waals surface area contributed by atoms with Crippen LogP contribution in [0.3, 0.4) is 0 Å². The van der Waals surface area contributed by atoms with Gasteiger partial charge >= 0.3 is 0 Å². The quantitative estimate of drug-likeness (QED) is 0.609. The van der Waals surface area contributed by atoms with Gasteiger partial charge in [-0.1, -0.05) is 37.3 Å². The van der Waals surface area contributed by atoms with Gasteiger partial charge in [0.1, 0.15) is 0 Å². The Morgan fingerprint density at radius 2 is 2.00 bits per heavy atom. The molecule has 0 aromatic heterocycles. The highest BCUT2D eigenvalue weighted by Crippen LogP contribution is 2.66. The van der Waals surface area contributed by atoms with Crippen LogP contribution >= 0.6 is 0 Å². The van der Waals surface area contributed by atoms with E-state index >= 15 is 0 Å². The van der Waals surface area contributed by atoms with Gasteiger partial charge < -0.3 is 0 Å². The minimum atomic E-state index is 0.626. The molecule has 0 N–H and O–H groups in total. The predicted octanol–water partition coefficient (Wildman–Crippen LogP) is 3.37. The van der Waals surface area contributed by atoms with E-state index in [1.54, 1.807) is 5.56 Å². The van der Waals surface area contributed by atoms with Gasteiger partial charge in [0.15, 0.2) is 0 Å². The molecule has 2 unspecified atom stereocenters. The zero-order valence-electron chi connectivity index (χ0n) is 8.16. The molecule has 3 rings (SSSR count). The molecule has 1 aromatic carbocycles. The van der Waals surface area contributed by atoms with Crippen LogP contribution in [-0.2, 0) is 5.41 Å². The van der Waals surface area contributed by atoms with E-state index in [4.69, 9.17) is 0 Å². The van der Waals surface area contributed by atoms with E-state index in [0.29, 0.717) is 5.41 Å². The second-order valence-electron chi connectivity index (χ2n) is 4.85. The van der Waals surface area contributed by atoms with E-state index < -0.39 is 0 Å². The lowest BCUT2D eigenvalue weighted by atomic mass is 9.93. The first kappa shape index (κ1) is 7.61. The number of rotatable bonds is 1. The Morgan fingerprint density at radius 3 is 2.54 bits per heavy atom. The molecule has 0 heterocycles.